The predicted octanol–water partition coefficient (Wildman–Crippen LogP) is 15.6. The largest absolute Gasteiger partial charge is 0.491 e. The maximum absolute atomic E-state index is 16.0. The van der Waals surface area contributed by atoms with Gasteiger partial charge in [0.2, 0.25) is 4.90 Å². The summed E-state index contributed by atoms with van der Waals surface area (Å²) in [5.41, 5.74) is -38.1. The van der Waals surface area contributed by atoms with Gasteiger partial charge in [-0.05, 0) is 48.5 Å². The van der Waals surface area contributed by atoms with E-state index >= 15 is 35.1 Å². The topological polar surface area (TPSA) is 27.7 Å². The molecule has 0 aliphatic heterocycles. The van der Waals surface area contributed by atoms with Gasteiger partial charge in [-0.15, -0.1) is 21.9 Å². The summed E-state index contributed by atoms with van der Waals surface area (Å²) in [6.07, 6.45) is -39.5. The van der Waals surface area contributed by atoms with Crippen molar-refractivity contribution in [1.82, 2.24) is 0 Å². The van der Waals surface area contributed by atoms with Crippen molar-refractivity contribution in [2.75, 3.05) is 26.4 Å². The molecule has 0 spiro atoms. The van der Waals surface area contributed by atoms with Gasteiger partial charge in [0.25, 0.3) is 0 Å². The van der Waals surface area contributed by atoms with Crippen LogP contribution in [0.2, 0.25) is 0 Å². The molecule has 0 fully saturated rings. The molecule has 0 unspecified atom stereocenters. The number of halogens is 28. The fourth-order valence-corrected chi connectivity index (χ4v) is 11.7. The lowest BCUT2D eigenvalue weighted by molar-refractivity contribution is -0.140. The monoisotopic (exact) mass is 1320 g/mol. The lowest BCUT2D eigenvalue weighted by atomic mass is 9.11. The van der Waals surface area contributed by atoms with Gasteiger partial charge in [-0.25, -0.2) is 70.2 Å². The SMILES string of the molecule is Fc1c(F)c(F)c(C(F)(F)F)c([B-](c2c(F)c(F)c(F)c(F)c2C(F)(F)F)(c2c(F)c(F)c(F)c(F)c2C(F)(F)F)c2c(F)c(F)c(F)c(F)c2C(F)(F)F)c1F.c1ccc(OCCOCCOc2ccccc2[S+](c2ccccc2)c2ccccc2)cc1. The highest BCUT2D eigenvalue weighted by Crippen LogP contribution is 2.45. The maximum atomic E-state index is 16.0. The molecule has 0 aliphatic carbocycles. The van der Waals surface area contributed by atoms with Crippen LogP contribution in [0, 0.1) is 93.1 Å². The minimum absolute atomic E-state index is 0.243. The van der Waals surface area contributed by atoms with Crippen LogP contribution in [-0.4, -0.2) is 32.6 Å². The molecular weight excluding hydrogens is 1300 g/mol. The highest BCUT2D eigenvalue weighted by molar-refractivity contribution is 7.97. The molecule has 0 aliphatic rings. The summed E-state index contributed by atoms with van der Waals surface area (Å²) in [6, 6.07) is 39.3. The third-order valence-corrected chi connectivity index (χ3v) is 15.1. The number of rotatable bonds is 15. The van der Waals surface area contributed by atoms with Crippen LogP contribution in [-0.2, 0) is 40.3 Å². The zero-order valence-corrected chi connectivity index (χ0v) is 43.9. The Morgan fingerprint density at radius 3 is 0.843 bits per heavy atom. The van der Waals surface area contributed by atoms with Crippen LogP contribution in [0.25, 0.3) is 0 Å². The zero-order valence-electron chi connectivity index (χ0n) is 43.1. The first-order valence-electron chi connectivity index (χ1n) is 24.2. The van der Waals surface area contributed by atoms with Crippen molar-refractivity contribution in [3.63, 3.8) is 0 Å². The summed E-state index contributed by atoms with van der Waals surface area (Å²) >= 11 is 0. The lowest BCUT2D eigenvalue weighted by Gasteiger charge is -2.49. The first-order valence-corrected chi connectivity index (χ1v) is 25.4. The van der Waals surface area contributed by atoms with E-state index < -0.39 is 168 Å². The highest BCUT2D eigenvalue weighted by atomic mass is 32.2. The molecule has 0 saturated heterocycles. The van der Waals surface area contributed by atoms with E-state index in [-0.39, 0.29) is 10.9 Å². The lowest BCUT2D eigenvalue weighted by Crippen LogP contribution is -2.82. The van der Waals surface area contributed by atoms with E-state index in [0.717, 1.165) is 11.5 Å². The van der Waals surface area contributed by atoms with E-state index in [2.05, 4.69) is 72.8 Å². The van der Waals surface area contributed by atoms with E-state index in [9.17, 15) is 87.8 Å². The summed E-state index contributed by atoms with van der Waals surface area (Å²) in [6.45, 7) is 2.05. The number of ether oxygens (including phenoxy) is 3. The van der Waals surface area contributed by atoms with Crippen LogP contribution in [0.1, 0.15) is 22.3 Å². The van der Waals surface area contributed by atoms with E-state index in [1.54, 1.807) is 0 Å². The fraction of sp³-hybridized carbons (Fsp3) is 0.143. The van der Waals surface area contributed by atoms with E-state index in [0.29, 0.717) is 26.4 Å². The highest BCUT2D eigenvalue weighted by Gasteiger charge is 2.60. The molecule has 0 atom stereocenters. The molecule has 0 radical (unpaired) electrons. The second-order valence-corrected chi connectivity index (χ2v) is 20.0. The Labute approximate surface area is 482 Å². The molecule has 0 N–H and O–H groups in total. The Morgan fingerprint density at radius 2 is 0.539 bits per heavy atom. The quantitative estimate of drug-likeness (QED) is 0.0256. The number of para-hydroxylation sites is 2. The zero-order chi connectivity index (χ0) is 66.2. The normalized spacial score (nSPS) is 12.4. The van der Waals surface area contributed by atoms with Crippen LogP contribution in [0.3, 0.4) is 0 Å². The summed E-state index contributed by atoms with van der Waals surface area (Å²) < 4.78 is 435. The predicted molar refractivity (Wildman–Crippen MR) is 259 cm³/mol. The fourth-order valence-electron chi connectivity index (χ4n) is 9.48. The molecule has 0 saturated carbocycles. The van der Waals surface area contributed by atoms with Crippen molar-refractivity contribution in [3.8, 4) is 11.5 Å². The summed E-state index contributed by atoms with van der Waals surface area (Å²) in [5, 5.41) is 0. The average Bonchev–Trinajstić information content (AvgIpc) is 0.697. The Morgan fingerprint density at radius 1 is 0.281 bits per heavy atom. The van der Waals surface area contributed by atoms with Crippen molar-refractivity contribution >= 4 is 38.9 Å². The number of hydrogen-bond donors (Lipinski definition) is 0. The molecule has 3 nitrogen and oxygen atoms in total. The van der Waals surface area contributed by atoms with Crippen LogP contribution in [0.5, 0.6) is 11.5 Å². The molecule has 0 bridgehead atoms. The molecule has 0 aromatic heterocycles. The van der Waals surface area contributed by atoms with Gasteiger partial charge in [0, 0.05) is 0 Å². The van der Waals surface area contributed by atoms with E-state index in [1.165, 1.54) is 14.7 Å². The molecule has 89 heavy (non-hydrogen) atoms. The van der Waals surface area contributed by atoms with Gasteiger partial charge in [-0.2, -0.15) is 52.7 Å². The summed E-state index contributed by atoms with van der Waals surface area (Å²) in [5.74, 6) is -68.0. The Balaban J connectivity index is 0.000000296. The van der Waals surface area contributed by atoms with Crippen molar-refractivity contribution in [1.29, 1.82) is 0 Å². The standard InChI is InChI=1S/C28BF28.C28H27O3S/c30-9-1(25(46,47)48)5(13(34)21(42)17(9)38)29(6-2(26(49,50)51)10(31)18(39)22(43)14(6)35,7-3(27(52,53)54)11(32)19(40)23(44)15(7)36)8-4(28(55,56)57)12(33)20(41)24(45)16(8)37;1-4-12-24(13-5-1)30-22-20-29-21-23-31-27-18-10-11-19-28(27)32(25-14-6-2-7-15-25)26-16-8-3-9-17-26/h;1-19H,20-23H2/q-1;+1. The second kappa shape index (κ2) is 26.1. The number of alkyl halides is 12. The summed E-state index contributed by atoms with van der Waals surface area (Å²) in [4.78, 5) is 3.71. The Hall–Kier alpha value is -8.23. The van der Waals surface area contributed by atoms with Crippen LogP contribution < -0.4 is 31.3 Å². The van der Waals surface area contributed by atoms with E-state index in [1.807, 2.05) is 42.5 Å². The van der Waals surface area contributed by atoms with Crippen molar-refractivity contribution < 1.29 is 137 Å². The van der Waals surface area contributed by atoms with Gasteiger partial charge < -0.3 is 14.2 Å². The molecule has 8 rings (SSSR count). The van der Waals surface area contributed by atoms with Crippen LogP contribution in [0.4, 0.5) is 123 Å². The Kier molecular flexibility index (Phi) is 20.0. The van der Waals surface area contributed by atoms with Crippen LogP contribution in [0.15, 0.2) is 130 Å². The summed E-state index contributed by atoms with van der Waals surface area (Å²) in [7, 11) is -0.243. The maximum Gasteiger partial charge on any atom is 0.416 e. The van der Waals surface area contributed by atoms with Gasteiger partial charge in [-0.1, -0.05) is 66.7 Å². The molecular formula is C56H27BF28O3S. The molecule has 8 aromatic rings. The minimum Gasteiger partial charge on any atom is -0.491 e. The van der Waals surface area contributed by atoms with E-state index in [4.69, 9.17) is 14.2 Å². The molecule has 0 heterocycles. The second-order valence-electron chi connectivity index (χ2n) is 18.0. The molecule has 33 heteroatoms. The Bertz CT molecular complexity index is 3550. The van der Waals surface area contributed by atoms with Gasteiger partial charge in [0.05, 0.1) is 35.5 Å². The first-order chi connectivity index (χ1) is 41.5. The number of hydrogen-bond acceptors (Lipinski definition) is 3. The molecule has 0 amide bonds. The smallest absolute Gasteiger partial charge is 0.416 e. The van der Waals surface area contributed by atoms with Crippen molar-refractivity contribution in [2.45, 2.75) is 39.4 Å². The third kappa shape index (κ3) is 13.0. The molecule has 474 valence electrons. The average molecular weight is 1320 g/mol. The third-order valence-electron chi connectivity index (χ3n) is 12.8. The van der Waals surface area contributed by atoms with Crippen LogP contribution >= 0.6 is 0 Å². The minimum atomic E-state index is -8.89. The number of benzene rings is 8. The first kappa shape index (κ1) is 68.3. The molecule has 8 aromatic carbocycles. The van der Waals surface area contributed by atoms with Gasteiger partial charge >= 0.3 is 24.7 Å². The van der Waals surface area contributed by atoms with Crippen molar-refractivity contribution in [2.24, 2.45) is 0 Å². The van der Waals surface area contributed by atoms with Gasteiger partial charge in [0.15, 0.2) is 85.3 Å². The van der Waals surface area contributed by atoms with Gasteiger partial charge in [-0.3, -0.25) is 0 Å². The van der Waals surface area contributed by atoms with Gasteiger partial charge in [0.1, 0.15) is 59.3 Å². The van der Waals surface area contributed by atoms with Crippen molar-refractivity contribution in [3.05, 3.63) is 231 Å².